The van der Waals surface area contributed by atoms with Gasteiger partial charge in [-0.15, -0.1) is 0 Å². The molecule has 0 aliphatic carbocycles. The van der Waals surface area contributed by atoms with Gasteiger partial charge in [-0.1, -0.05) is 0 Å². The van der Waals surface area contributed by atoms with Crippen LogP contribution >= 0.6 is 0 Å². The number of rotatable bonds is 5. The van der Waals surface area contributed by atoms with E-state index in [1.807, 2.05) is 22.8 Å². The Bertz CT molecular complexity index is 586. The molecule has 1 atom stereocenters. The van der Waals surface area contributed by atoms with Crippen molar-refractivity contribution >= 4 is 5.91 Å². The fourth-order valence-corrected chi connectivity index (χ4v) is 4.29. The second-order valence-electron chi connectivity index (χ2n) is 7.59. The minimum atomic E-state index is 0.156. The van der Waals surface area contributed by atoms with Crippen LogP contribution in [0, 0.1) is 12.3 Å². The zero-order chi connectivity index (χ0) is 17.2. The molecule has 2 aliphatic rings. The molecule has 3 heterocycles. The lowest BCUT2D eigenvalue weighted by molar-refractivity contribution is -0.139. The Balaban J connectivity index is 1.65. The fraction of sp³-hybridized carbons (Fsp3) is 0.778. The molecule has 0 radical (unpaired) electrons. The highest BCUT2D eigenvalue weighted by Crippen LogP contribution is 2.39. The summed E-state index contributed by atoms with van der Waals surface area (Å²) in [6.07, 6.45) is 6.73. The Morgan fingerprint density at radius 3 is 2.88 bits per heavy atom. The zero-order valence-electron chi connectivity index (χ0n) is 15.0. The van der Waals surface area contributed by atoms with Crippen molar-refractivity contribution in [3.05, 3.63) is 17.5 Å². The largest absolute Gasteiger partial charge is 0.396 e. The van der Waals surface area contributed by atoms with Crippen molar-refractivity contribution in [2.24, 2.45) is 12.5 Å². The highest BCUT2D eigenvalue weighted by atomic mass is 16.3. The van der Waals surface area contributed by atoms with Gasteiger partial charge in [0.1, 0.15) is 0 Å². The van der Waals surface area contributed by atoms with E-state index in [2.05, 4.69) is 16.9 Å². The lowest BCUT2D eigenvalue weighted by Gasteiger charge is -2.48. The molecule has 24 heavy (non-hydrogen) atoms. The maximum absolute atomic E-state index is 12.2. The van der Waals surface area contributed by atoms with E-state index in [0.717, 1.165) is 32.6 Å². The van der Waals surface area contributed by atoms with E-state index >= 15 is 0 Å². The fourth-order valence-electron chi connectivity index (χ4n) is 4.29. The molecular formula is C18H30N4O2. The smallest absolute Gasteiger partial charge is 0.222 e. The number of carbonyl (C=O) groups is 1. The van der Waals surface area contributed by atoms with Crippen LogP contribution in [0.1, 0.15) is 43.4 Å². The van der Waals surface area contributed by atoms with Crippen LogP contribution in [-0.4, -0.2) is 63.4 Å². The summed E-state index contributed by atoms with van der Waals surface area (Å²) in [6, 6.07) is 0. The van der Waals surface area contributed by atoms with Crippen LogP contribution < -0.4 is 0 Å². The van der Waals surface area contributed by atoms with Crippen molar-refractivity contribution in [3.8, 4) is 0 Å². The molecule has 1 aromatic heterocycles. The van der Waals surface area contributed by atoms with Gasteiger partial charge in [0, 0.05) is 62.9 Å². The lowest BCUT2D eigenvalue weighted by atomic mass is 9.73. The normalized spacial score (nSPS) is 25.6. The zero-order valence-corrected chi connectivity index (χ0v) is 15.0. The van der Waals surface area contributed by atoms with E-state index < -0.39 is 0 Å². The summed E-state index contributed by atoms with van der Waals surface area (Å²) in [6.45, 7) is 6.96. The Morgan fingerprint density at radius 2 is 2.17 bits per heavy atom. The Morgan fingerprint density at radius 1 is 1.33 bits per heavy atom. The first-order valence-corrected chi connectivity index (χ1v) is 9.11. The van der Waals surface area contributed by atoms with Gasteiger partial charge in [0.2, 0.25) is 5.91 Å². The van der Waals surface area contributed by atoms with E-state index in [4.69, 9.17) is 5.11 Å². The summed E-state index contributed by atoms with van der Waals surface area (Å²) < 4.78 is 1.94. The lowest BCUT2D eigenvalue weighted by Crippen LogP contribution is -2.54. The van der Waals surface area contributed by atoms with Crippen molar-refractivity contribution in [1.82, 2.24) is 19.6 Å². The number of aryl methyl sites for hydroxylation is 1. The molecule has 0 saturated carbocycles. The summed E-state index contributed by atoms with van der Waals surface area (Å²) in [7, 11) is 1.99. The van der Waals surface area contributed by atoms with Gasteiger partial charge >= 0.3 is 0 Å². The maximum atomic E-state index is 12.2. The van der Waals surface area contributed by atoms with Gasteiger partial charge in [-0.2, -0.15) is 5.10 Å². The van der Waals surface area contributed by atoms with Crippen LogP contribution in [0.2, 0.25) is 0 Å². The summed E-state index contributed by atoms with van der Waals surface area (Å²) >= 11 is 0. The highest BCUT2D eigenvalue weighted by molar-refractivity contribution is 5.77. The standard InChI is InChI=1S/C18H30N4O2/c1-15-16(11-19-20(15)2)12-21-8-3-6-18(13-21)7-5-17(24)22(14-18)9-4-10-23/h11,23H,3-10,12-14H2,1-2H3/t18-/m0/s1. The summed E-state index contributed by atoms with van der Waals surface area (Å²) in [5, 5.41) is 13.4. The first kappa shape index (κ1) is 17.4. The Kier molecular flexibility index (Phi) is 5.25. The van der Waals surface area contributed by atoms with Crippen molar-refractivity contribution < 1.29 is 9.90 Å². The molecule has 0 unspecified atom stereocenters. The number of aliphatic hydroxyl groups is 1. The van der Waals surface area contributed by atoms with Crippen molar-refractivity contribution in [3.63, 3.8) is 0 Å². The average Bonchev–Trinajstić information content (AvgIpc) is 2.88. The van der Waals surface area contributed by atoms with Crippen LogP contribution in [0.3, 0.4) is 0 Å². The first-order chi connectivity index (χ1) is 11.5. The van der Waals surface area contributed by atoms with Gasteiger partial charge in [-0.05, 0) is 39.2 Å². The molecule has 134 valence electrons. The number of aromatic nitrogens is 2. The second-order valence-corrected chi connectivity index (χ2v) is 7.59. The summed E-state index contributed by atoms with van der Waals surface area (Å²) in [5.74, 6) is 0.259. The van der Waals surface area contributed by atoms with Gasteiger partial charge in [0.25, 0.3) is 0 Å². The third-order valence-electron chi connectivity index (χ3n) is 5.81. The minimum absolute atomic E-state index is 0.156. The molecule has 1 aromatic rings. The van der Waals surface area contributed by atoms with E-state index in [-0.39, 0.29) is 17.9 Å². The van der Waals surface area contributed by atoms with E-state index in [1.54, 1.807) is 0 Å². The highest BCUT2D eigenvalue weighted by Gasteiger charge is 2.41. The molecule has 1 amide bonds. The van der Waals surface area contributed by atoms with Crippen LogP contribution in [0.25, 0.3) is 0 Å². The molecule has 2 saturated heterocycles. The van der Waals surface area contributed by atoms with Crippen molar-refractivity contribution in [2.75, 3.05) is 32.8 Å². The van der Waals surface area contributed by atoms with E-state index in [0.29, 0.717) is 19.4 Å². The molecular weight excluding hydrogens is 304 g/mol. The van der Waals surface area contributed by atoms with Crippen LogP contribution in [0.4, 0.5) is 0 Å². The third kappa shape index (κ3) is 3.64. The number of carbonyl (C=O) groups excluding carboxylic acids is 1. The predicted octanol–water partition coefficient (Wildman–Crippen LogP) is 1.32. The molecule has 2 aliphatic heterocycles. The minimum Gasteiger partial charge on any atom is -0.396 e. The number of piperidine rings is 2. The predicted molar refractivity (Wildman–Crippen MR) is 92.4 cm³/mol. The van der Waals surface area contributed by atoms with Crippen molar-refractivity contribution in [2.45, 2.75) is 45.6 Å². The number of hydrogen-bond donors (Lipinski definition) is 1. The van der Waals surface area contributed by atoms with E-state index in [1.165, 1.54) is 24.1 Å². The Hall–Kier alpha value is -1.40. The topological polar surface area (TPSA) is 61.6 Å². The quantitative estimate of drug-likeness (QED) is 0.882. The molecule has 6 heteroatoms. The number of amides is 1. The summed E-state index contributed by atoms with van der Waals surface area (Å²) in [4.78, 5) is 16.7. The van der Waals surface area contributed by atoms with Gasteiger partial charge < -0.3 is 10.0 Å². The SMILES string of the molecule is Cc1c(CN2CCC[C@]3(CCC(=O)N(CCCO)C3)C2)cnn1C. The number of nitrogens with zero attached hydrogens (tertiary/aromatic N) is 4. The van der Waals surface area contributed by atoms with Gasteiger partial charge in [-0.25, -0.2) is 0 Å². The van der Waals surface area contributed by atoms with E-state index in [9.17, 15) is 4.79 Å². The monoisotopic (exact) mass is 334 g/mol. The van der Waals surface area contributed by atoms with Crippen LogP contribution in [-0.2, 0) is 18.4 Å². The number of likely N-dealkylation sites (tertiary alicyclic amines) is 2. The van der Waals surface area contributed by atoms with Crippen LogP contribution in [0.5, 0.6) is 0 Å². The molecule has 1 N–H and O–H groups in total. The maximum Gasteiger partial charge on any atom is 0.222 e. The van der Waals surface area contributed by atoms with Gasteiger partial charge in [-0.3, -0.25) is 14.4 Å². The van der Waals surface area contributed by atoms with Gasteiger partial charge in [0.05, 0.1) is 6.20 Å². The molecule has 0 bridgehead atoms. The number of hydrogen-bond acceptors (Lipinski definition) is 4. The first-order valence-electron chi connectivity index (χ1n) is 9.11. The van der Waals surface area contributed by atoms with Crippen LogP contribution in [0.15, 0.2) is 6.20 Å². The molecule has 0 aromatic carbocycles. The molecule has 3 rings (SSSR count). The number of aliphatic hydroxyl groups excluding tert-OH is 1. The average molecular weight is 334 g/mol. The Labute approximate surface area is 144 Å². The third-order valence-corrected chi connectivity index (χ3v) is 5.81. The summed E-state index contributed by atoms with van der Waals surface area (Å²) in [5.41, 5.74) is 2.77. The molecule has 2 fully saturated rings. The second kappa shape index (κ2) is 7.23. The van der Waals surface area contributed by atoms with Crippen molar-refractivity contribution in [1.29, 1.82) is 0 Å². The molecule has 1 spiro atoms. The molecule has 6 nitrogen and oxygen atoms in total. The van der Waals surface area contributed by atoms with Gasteiger partial charge in [0.15, 0.2) is 0 Å².